The molecule has 2 bridgehead atoms. The normalized spacial score (nSPS) is 23.9. The first-order chi connectivity index (χ1) is 14.0. The van der Waals surface area contributed by atoms with Crippen molar-refractivity contribution in [3.8, 4) is 11.1 Å². The number of halogens is 4. The number of nitrogens with zero attached hydrogens (tertiary/aromatic N) is 4. The van der Waals surface area contributed by atoms with Gasteiger partial charge in [-0.2, -0.15) is 0 Å². The number of H-pyrrole nitrogens is 1. The monoisotopic (exact) mass is 424 g/mol. The molecule has 5 rings (SSSR count). The van der Waals surface area contributed by atoms with Crippen molar-refractivity contribution in [3.63, 3.8) is 0 Å². The van der Waals surface area contributed by atoms with Crippen LogP contribution in [-0.4, -0.2) is 40.4 Å². The molecule has 6 nitrogen and oxygen atoms in total. The van der Waals surface area contributed by atoms with E-state index in [0.717, 1.165) is 25.7 Å². The number of aromatic nitrogens is 4. The maximum atomic E-state index is 14.7. The first-order valence-electron chi connectivity index (χ1n) is 9.38. The number of fused-ring (bicyclic) bond motifs is 3. The van der Waals surface area contributed by atoms with Crippen LogP contribution >= 0.6 is 11.6 Å². The number of piperidine rings is 1. The van der Waals surface area contributed by atoms with Crippen molar-refractivity contribution in [2.75, 3.05) is 12.0 Å². The quantitative estimate of drug-likeness (QED) is 0.517. The molecule has 1 N–H and O–H groups in total. The fraction of sp³-hybridized carbons (Fsp3) is 0.421. The van der Waals surface area contributed by atoms with Gasteiger partial charge in [0.05, 0.1) is 23.8 Å². The topological polar surface area (TPSA) is 58.1 Å². The molecule has 1 unspecified atom stereocenters. The van der Waals surface area contributed by atoms with Gasteiger partial charge in [0.15, 0.2) is 6.33 Å². The van der Waals surface area contributed by atoms with Gasteiger partial charge in [0.2, 0.25) is 11.0 Å². The number of nitrogens with one attached hydrogen (secondary N) is 1. The molecule has 0 spiro atoms. The third-order valence-corrected chi connectivity index (χ3v) is 6.20. The van der Waals surface area contributed by atoms with E-state index < -0.39 is 23.0 Å². The van der Waals surface area contributed by atoms with Crippen LogP contribution < -0.4 is 9.42 Å². The lowest BCUT2D eigenvalue weighted by molar-refractivity contribution is -0.566. The Balaban J connectivity index is 1.78. The molecule has 4 heterocycles. The molecule has 2 aromatic heterocycles. The minimum absolute atomic E-state index is 0.0798. The van der Waals surface area contributed by atoms with Crippen molar-refractivity contribution in [1.82, 2.24) is 15.1 Å². The minimum atomic E-state index is -1.04. The number of anilines is 1. The number of aromatic amines is 1. The highest BCUT2D eigenvalue weighted by molar-refractivity contribution is 6.32. The number of methoxy groups -OCH3 is 1. The van der Waals surface area contributed by atoms with Crippen molar-refractivity contribution in [3.05, 3.63) is 41.1 Å². The molecule has 0 aliphatic carbocycles. The summed E-state index contributed by atoms with van der Waals surface area (Å²) in [6.45, 7) is 0. The lowest BCUT2D eigenvalue weighted by Crippen LogP contribution is -2.50. The van der Waals surface area contributed by atoms with E-state index in [4.69, 9.17) is 16.3 Å². The Kier molecular flexibility index (Phi) is 4.40. The van der Waals surface area contributed by atoms with Crippen molar-refractivity contribution < 1.29 is 22.4 Å². The first-order valence-corrected chi connectivity index (χ1v) is 9.76. The van der Waals surface area contributed by atoms with Crippen molar-refractivity contribution in [2.24, 2.45) is 0 Å². The Morgan fingerprint density at radius 1 is 1.14 bits per heavy atom. The second kappa shape index (κ2) is 6.84. The molecule has 3 aromatic rings. The summed E-state index contributed by atoms with van der Waals surface area (Å²) < 4.78 is 50.1. The number of benzene rings is 1. The molecule has 0 saturated carbocycles. The van der Waals surface area contributed by atoms with E-state index in [9.17, 15) is 13.2 Å². The number of ether oxygens (including phenoxy) is 1. The highest BCUT2D eigenvalue weighted by Gasteiger charge is 2.47. The summed E-state index contributed by atoms with van der Waals surface area (Å²) >= 11 is 6.42. The van der Waals surface area contributed by atoms with Crippen LogP contribution in [0.3, 0.4) is 0 Å². The molecule has 2 aliphatic rings. The Hall–Kier alpha value is -2.39. The van der Waals surface area contributed by atoms with Gasteiger partial charge in [-0.25, -0.2) is 18.3 Å². The summed E-state index contributed by atoms with van der Waals surface area (Å²) in [4.78, 5) is 10.5. The van der Waals surface area contributed by atoms with E-state index in [-0.39, 0.29) is 34.7 Å². The molecule has 0 radical (unpaired) electrons. The molecule has 1 aromatic carbocycles. The van der Waals surface area contributed by atoms with E-state index >= 15 is 0 Å². The van der Waals surface area contributed by atoms with E-state index in [0.29, 0.717) is 18.0 Å². The lowest BCUT2D eigenvalue weighted by Gasteiger charge is -2.37. The zero-order valence-corrected chi connectivity index (χ0v) is 16.3. The van der Waals surface area contributed by atoms with Crippen LogP contribution in [0.2, 0.25) is 5.15 Å². The van der Waals surface area contributed by atoms with Gasteiger partial charge in [-0.3, -0.25) is 0 Å². The fourth-order valence-electron chi connectivity index (χ4n) is 4.75. The van der Waals surface area contributed by atoms with Crippen LogP contribution in [0.4, 0.5) is 19.0 Å². The SMILES string of the molecule is COC1C[C@H]2CC[C@@H](C1)N2c1c(-c2c(F)cc(F)cc2F)c(Cl)nc2nc[nH][n+]12. The van der Waals surface area contributed by atoms with Gasteiger partial charge in [-0.05, 0) is 24.4 Å². The van der Waals surface area contributed by atoms with Crippen LogP contribution in [0, 0.1) is 17.5 Å². The predicted octanol–water partition coefficient (Wildman–Crippen LogP) is 3.43. The summed E-state index contributed by atoms with van der Waals surface area (Å²) in [5, 5.41) is 2.87. The number of hydrogen-bond donors (Lipinski definition) is 1. The van der Waals surface area contributed by atoms with Crippen molar-refractivity contribution >= 4 is 23.2 Å². The van der Waals surface area contributed by atoms with Crippen LogP contribution in [0.5, 0.6) is 0 Å². The second-order valence-corrected chi connectivity index (χ2v) is 7.85. The van der Waals surface area contributed by atoms with Crippen LogP contribution in [-0.2, 0) is 4.74 Å². The van der Waals surface area contributed by atoms with Gasteiger partial charge in [-0.15, -0.1) is 4.52 Å². The lowest BCUT2D eigenvalue weighted by atomic mass is 9.97. The molecule has 3 atom stereocenters. The highest BCUT2D eigenvalue weighted by atomic mass is 35.5. The van der Waals surface area contributed by atoms with Gasteiger partial charge in [0.25, 0.3) is 0 Å². The van der Waals surface area contributed by atoms with Gasteiger partial charge < -0.3 is 9.64 Å². The van der Waals surface area contributed by atoms with Crippen LogP contribution in [0.1, 0.15) is 25.7 Å². The Bertz CT molecular complexity index is 1070. The number of rotatable bonds is 3. The molecule has 10 heteroatoms. The summed E-state index contributed by atoms with van der Waals surface area (Å²) in [6.07, 6.45) is 5.00. The summed E-state index contributed by atoms with van der Waals surface area (Å²) in [6, 6.07) is 1.51. The van der Waals surface area contributed by atoms with Gasteiger partial charge >= 0.3 is 5.78 Å². The Morgan fingerprint density at radius 2 is 1.79 bits per heavy atom. The smallest absolute Gasteiger partial charge is 0.381 e. The summed E-state index contributed by atoms with van der Waals surface area (Å²) in [5.74, 6) is -2.31. The maximum absolute atomic E-state index is 14.7. The first kappa shape index (κ1) is 18.6. The molecule has 29 heavy (non-hydrogen) atoms. The summed E-state index contributed by atoms with van der Waals surface area (Å²) in [7, 11) is 1.69. The van der Waals surface area contributed by atoms with Crippen molar-refractivity contribution in [2.45, 2.75) is 43.9 Å². The predicted molar refractivity (Wildman–Crippen MR) is 99.2 cm³/mol. The van der Waals surface area contributed by atoms with E-state index in [1.807, 2.05) is 0 Å². The highest BCUT2D eigenvalue weighted by Crippen LogP contribution is 2.45. The van der Waals surface area contributed by atoms with E-state index in [1.54, 1.807) is 11.6 Å². The Labute approximate surface area is 169 Å². The molecule has 0 amide bonds. The zero-order chi connectivity index (χ0) is 20.3. The fourth-order valence-corrected chi connectivity index (χ4v) is 5.00. The van der Waals surface area contributed by atoms with E-state index in [2.05, 4.69) is 20.0 Å². The Morgan fingerprint density at radius 3 is 2.41 bits per heavy atom. The summed E-state index contributed by atoms with van der Waals surface area (Å²) in [5.41, 5.74) is -0.327. The molecule has 2 fully saturated rings. The number of hydrogen-bond acceptors (Lipinski definition) is 4. The maximum Gasteiger partial charge on any atom is 0.409 e. The minimum Gasteiger partial charge on any atom is -0.381 e. The molecule has 2 saturated heterocycles. The van der Waals surface area contributed by atoms with Gasteiger partial charge in [0, 0.05) is 32.1 Å². The average Bonchev–Trinajstić information content (AvgIpc) is 3.22. The third-order valence-electron chi connectivity index (χ3n) is 5.93. The largest absolute Gasteiger partial charge is 0.409 e. The van der Waals surface area contributed by atoms with Crippen LogP contribution in [0.25, 0.3) is 16.9 Å². The van der Waals surface area contributed by atoms with E-state index in [1.165, 1.54) is 6.33 Å². The molecule has 2 aliphatic heterocycles. The standard InChI is InChI=1S/C19H17ClF3N5O/c1-29-12-6-10-2-3-11(7-12)27(10)18-16(15-13(22)4-9(21)5-14(15)23)17(20)26-19-24-8-25-28(18)19/h4-5,8,10-12H,2-3,6-7H2,1H3/p+1/t10-,11+,12?. The van der Waals surface area contributed by atoms with Crippen molar-refractivity contribution in [1.29, 1.82) is 0 Å². The molecular formula is C19H18ClF3N5O+. The zero-order valence-electron chi connectivity index (χ0n) is 15.5. The molecular weight excluding hydrogens is 407 g/mol. The molecule has 152 valence electrons. The van der Waals surface area contributed by atoms with Crippen LogP contribution in [0.15, 0.2) is 18.5 Å². The van der Waals surface area contributed by atoms with Gasteiger partial charge in [0.1, 0.15) is 23.0 Å². The van der Waals surface area contributed by atoms with Gasteiger partial charge in [-0.1, -0.05) is 9.97 Å². The third kappa shape index (κ3) is 2.86. The second-order valence-electron chi connectivity index (χ2n) is 7.49. The average molecular weight is 425 g/mol.